The number of amides is 2. The van der Waals surface area contributed by atoms with Gasteiger partial charge in [-0.05, 0) is 58.8 Å². The van der Waals surface area contributed by atoms with Crippen LogP contribution in [0.25, 0.3) is 0 Å². The van der Waals surface area contributed by atoms with E-state index in [0.29, 0.717) is 12.1 Å². The van der Waals surface area contributed by atoms with Crippen LogP contribution >= 0.6 is 0 Å². The number of carbonyl (C=O) groups is 2. The number of hydrogen-bond donors (Lipinski definition) is 2. The number of hydrogen-bond acceptors (Lipinski definition) is 3. The van der Waals surface area contributed by atoms with Crippen molar-refractivity contribution >= 4 is 11.8 Å². The third-order valence-electron chi connectivity index (χ3n) is 4.62. The predicted molar refractivity (Wildman–Crippen MR) is 96.0 cm³/mol. The number of benzene rings is 1. The van der Waals surface area contributed by atoms with E-state index in [1.165, 1.54) is 19.3 Å². The second-order valence-corrected chi connectivity index (χ2v) is 7.19. The molecule has 0 radical (unpaired) electrons. The number of nitrogens with zero attached hydrogens (tertiary/aromatic N) is 1. The Morgan fingerprint density at radius 3 is 2.50 bits per heavy atom. The van der Waals surface area contributed by atoms with E-state index in [-0.39, 0.29) is 23.9 Å². The second kappa shape index (κ2) is 8.29. The van der Waals surface area contributed by atoms with Gasteiger partial charge >= 0.3 is 0 Å². The van der Waals surface area contributed by atoms with Gasteiger partial charge in [0, 0.05) is 17.6 Å². The van der Waals surface area contributed by atoms with Gasteiger partial charge in [-0.25, -0.2) is 0 Å². The first-order chi connectivity index (χ1) is 11.4. The Balaban J connectivity index is 1.75. The van der Waals surface area contributed by atoms with Gasteiger partial charge < -0.3 is 10.6 Å². The van der Waals surface area contributed by atoms with Crippen molar-refractivity contribution in [1.82, 2.24) is 15.5 Å². The summed E-state index contributed by atoms with van der Waals surface area (Å²) in [6.45, 7) is 9.02. The molecule has 5 nitrogen and oxygen atoms in total. The zero-order chi connectivity index (χ0) is 17.6. The minimum atomic E-state index is -0.218. The Kier molecular flexibility index (Phi) is 6.37. The number of carbonyl (C=O) groups excluding carboxylic acids is 2. The molecule has 1 aromatic carbocycles. The molecule has 1 fully saturated rings. The fraction of sp³-hybridized carbons (Fsp3) is 0.579. The molecule has 0 saturated carbocycles. The molecule has 132 valence electrons. The largest absolute Gasteiger partial charge is 0.353 e. The molecule has 1 aliphatic rings. The van der Waals surface area contributed by atoms with Crippen LogP contribution in [0.2, 0.25) is 0 Å². The van der Waals surface area contributed by atoms with Gasteiger partial charge in [0.25, 0.3) is 5.91 Å². The fourth-order valence-corrected chi connectivity index (χ4v) is 3.04. The van der Waals surface area contributed by atoms with Gasteiger partial charge in [0.1, 0.15) is 0 Å². The second-order valence-electron chi connectivity index (χ2n) is 7.19. The number of rotatable bonds is 6. The van der Waals surface area contributed by atoms with Gasteiger partial charge in [0.05, 0.1) is 6.54 Å². The molecule has 1 aliphatic heterocycles. The van der Waals surface area contributed by atoms with Crippen molar-refractivity contribution in [3.05, 3.63) is 35.4 Å². The molecule has 0 spiro atoms. The molecular formula is C19H29N3O2. The molecule has 1 saturated heterocycles. The molecule has 0 bridgehead atoms. The zero-order valence-corrected chi connectivity index (χ0v) is 15.0. The van der Waals surface area contributed by atoms with Gasteiger partial charge in [-0.15, -0.1) is 0 Å². The standard InChI is InChI=1S/C19H29N3O2/c1-15-8-7-9-16(12-15)18(24)20-13-17(23)21-14-19(2,3)22-10-5-4-6-11-22/h7-9,12H,4-6,10-11,13-14H2,1-3H3,(H,20,24)(H,21,23). The third-order valence-corrected chi connectivity index (χ3v) is 4.62. The highest BCUT2D eigenvalue weighted by molar-refractivity contribution is 5.96. The Labute approximate surface area is 144 Å². The molecule has 0 aromatic heterocycles. The first kappa shape index (κ1) is 18.5. The Morgan fingerprint density at radius 1 is 1.12 bits per heavy atom. The smallest absolute Gasteiger partial charge is 0.251 e. The van der Waals surface area contributed by atoms with Crippen molar-refractivity contribution in [2.75, 3.05) is 26.2 Å². The van der Waals surface area contributed by atoms with Crippen molar-refractivity contribution in [2.24, 2.45) is 0 Å². The van der Waals surface area contributed by atoms with Gasteiger partial charge in [0.15, 0.2) is 0 Å². The van der Waals surface area contributed by atoms with Gasteiger partial charge in [-0.1, -0.05) is 24.1 Å². The van der Waals surface area contributed by atoms with Crippen LogP contribution in [0.4, 0.5) is 0 Å². The summed E-state index contributed by atoms with van der Waals surface area (Å²) in [5, 5.41) is 5.62. The van der Waals surface area contributed by atoms with E-state index >= 15 is 0 Å². The normalized spacial score (nSPS) is 15.8. The van der Waals surface area contributed by atoms with Crippen molar-refractivity contribution in [1.29, 1.82) is 0 Å². The van der Waals surface area contributed by atoms with Crippen LogP contribution in [0, 0.1) is 6.92 Å². The van der Waals surface area contributed by atoms with Crippen molar-refractivity contribution in [3.8, 4) is 0 Å². The summed E-state index contributed by atoms with van der Waals surface area (Å²) in [7, 11) is 0. The van der Waals surface area contributed by atoms with Gasteiger partial charge in [-0.3, -0.25) is 14.5 Å². The van der Waals surface area contributed by atoms with E-state index < -0.39 is 0 Å². The van der Waals surface area contributed by atoms with Crippen LogP contribution < -0.4 is 10.6 Å². The number of nitrogens with one attached hydrogen (secondary N) is 2. The molecule has 24 heavy (non-hydrogen) atoms. The van der Waals surface area contributed by atoms with Crippen molar-refractivity contribution < 1.29 is 9.59 Å². The molecular weight excluding hydrogens is 302 g/mol. The van der Waals surface area contributed by atoms with Crippen LogP contribution in [0.15, 0.2) is 24.3 Å². The van der Waals surface area contributed by atoms with E-state index in [4.69, 9.17) is 0 Å². The lowest BCUT2D eigenvalue weighted by atomic mass is 9.98. The summed E-state index contributed by atoms with van der Waals surface area (Å²) in [6.07, 6.45) is 3.75. The van der Waals surface area contributed by atoms with Crippen LogP contribution in [0.1, 0.15) is 49.0 Å². The van der Waals surface area contributed by atoms with E-state index in [1.807, 2.05) is 25.1 Å². The van der Waals surface area contributed by atoms with Gasteiger partial charge in [-0.2, -0.15) is 0 Å². The summed E-state index contributed by atoms with van der Waals surface area (Å²) >= 11 is 0. The molecule has 0 unspecified atom stereocenters. The average molecular weight is 331 g/mol. The molecule has 5 heteroatoms. The van der Waals surface area contributed by atoms with Crippen LogP contribution in [-0.2, 0) is 4.79 Å². The van der Waals surface area contributed by atoms with Crippen LogP contribution in [-0.4, -0.2) is 48.4 Å². The summed E-state index contributed by atoms with van der Waals surface area (Å²) in [5.41, 5.74) is 1.54. The Hall–Kier alpha value is -1.88. The Bertz CT molecular complexity index is 578. The fourth-order valence-electron chi connectivity index (χ4n) is 3.04. The van der Waals surface area contributed by atoms with Crippen LogP contribution in [0.5, 0.6) is 0 Å². The van der Waals surface area contributed by atoms with Crippen molar-refractivity contribution in [2.45, 2.75) is 45.6 Å². The van der Waals surface area contributed by atoms with Crippen LogP contribution in [0.3, 0.4) is 0 Å². The highest BCUT2D eigenvalue weighted by Crippen LogP contribution is 2.19. The predicted octanol–water partition coefficient (Wildman–Crippen LogP) is 2.11. The van der Waals surface area contributed by atoms with E-state index in [2.05, 4.69) is 29.4 Å². The summed E-state index contributed by atoms with van der Waals surface area (Å²) in [4.78, 5) is 26.5. The number of piperidine rings is 1. The minimum Gasteiger partial charge on any atom is -0.353 e. The summed E-state index contributed by atoms with van der Waals surface area (Å²) < 4.78 is 0. The molecule has 2 N–H and O–H groups in total. The zero-order valence-electron chi connectivity index (χ0n) is 15.0. The highest BCUT2D eigenvalue weighted by Gasteiger charge is 2.28. The summed E-state index contributed by atoms with van der Waals surface area (Å²) in [6, 6.07) is 7.34. The monoisotopic (exact) mass is 331 g/mol. The topological polar surface area (TPSA) is 61.4 Å². The molecule has 2 amide bonds. The molecule has 1 heterocycles. The average Bonchev–Trinajstić information content (AvgIpc) is 2.58. The van der Waals surface area contributed by atoms with E-state index in [1.54, 1.807) is 6.07 Å². The maximum Gasteiger partial charge on any atom is 0.251 e. The van der Waals surface area contributed by atoms with E-state index in [0.717, 1.165) is 18.7 Å². The third kappa shape index (κ3) is 5.34. The molecule has 1 aromatic rings. The highest BCUT2D eigenvalue weighted by atomic mass is 16.2. The first-order valence-electron chi connectivity index (χ1n) is 8.75. The first-order valence-corrected chi connectivity index (χ1v) is 8.75. The quantitative estimate of drug-likeness (QED) is 0.839. The SMILES string of the molecule is Cc1cccc(C(=O)NCC(=O)NCC(C)(C)N2CCCCC2)c1. The number of likely N-dealkylation sites (tertiary alicyclic amines) is 1. The molecule has 0 atom stereocenters. The lowest BCUT2D eigenvalue weighted by Crippen LogP contribution is -2.54. The summed E-state index contributed by atoms with van der Waals surface area (Å²) in [5.74, 6) is -0.370. The maximum absolute atomic E-state index is 12.1. The molecule has 0 aliphatic carbocycles. The molecule has 2 rings (SSSR count). The Morgan fingerprint density at radius 2 is 1.83 bits per heavy atom. The maximum atomic E-state index is 12.1. The number of aryl methyl sites for hydroxylation is 1. The van der Waals surface area contributed by atoms with Crippen molar-refractivity contribution in [3.63, 3.8) is 0 Å². The minimum absolute atomic E-state index is 0.00283. The lowest BCUT2D eigenvalue weighted by molar-refractivity contribution is -0.120. The van der Waals surface area contributed by atoms with Gasteiger partial charge in [0.2, 0.25) is 5.91 Å². The van der Waals surface area contributed by atoms with E-state index in [9.17, 15) is 9.59 Å². The lowest BCUT2D eigenvalue weighted by Gasteiger charge is -2.41.